The van der Waals surface area contributed by atoms with Gasteiger partial charge >= 0.3 is 5.97 Å². The van der Waals surface area contributed by atoms with E-state index in [4.69, 9.17) is 4.74 Å². The fourth-order valence-corrected chi connectivity index (χ4v) is 4.67. The number of cyclic esters (lactones) is 1. The fourth-order valence-electron chi connectivity index (χ4n) is 4.67. The van der Waals surface area contributed by atoms with Crippen molar-refractivity contribution in [1.29, 1.82) is 0 Å². The standard InChI is InChI=1S/C27H21FN4O2/c28-23-11-5-4-9-21(23)24-17-32(30-29-24)16-20-13-19-15-31(14-18-7-2-1-3-8-18)25-12-6-10-22(26(19)25)27(33)34-20/h1-12,15,17,20H,13-14,16H2. The van der Waals surface area contributed by atoms with Gasteiger partial charge in [-0.3, -0.25) is 0 Å². The minimum absolute atomic E-state index is 0.326. The second-order valence-corrected chi connectivity index (χ2v) is 8.50. The second kappa shape index (κ2) is 8.26. The van der Waals surface area contributed by atoms with E-state index in [-0.39, 0.29) is 11.8 Å². The fraction of sp³-hybridized carbons (Fsp3) is 0.148. The molecule has 0 spiro atoms. The molecule has 2 aromatic heterocycles. The van der Waals surface area contributed by atoms with Gasteiger partial charge < -0.3 is 9.30 Å². The molecule has 168 valence electrons. The number of halogens is 1. The lowest BCUT2D eigenvalue weighted by molar-refractivity contribution is 0.0264. The number of esters is 1. The van der Waals surface area contributed by atoms with Crippen LogP contribution in [0.1, 0.15) is 21.5 Å². The summed E-state index contributed by atoms with van der Waals surface area (Å²) in [4.78, 5) is 13.0. The van der Waals surface area contributed by atoms with Crippen molar-refractivity contribution < 1.29 is 13.9 Å². The Kier molecular flexibility index (Phi) is 4.95. The molecule has 0 saturated heterocycles. The third-order valence-electron chi connectivity index (χ3n) is 6.20. The lowest BCUT2D eigenvalue weighted by atomic mass is 10.0. The van der Waals surface area contributed by atoms with Crippen LogP contribution >= 0.6 is 0 Å². The van der Waals surface area contributed by atoms with Crippen LogP contribution < -0.4 is 0 Å². The maximum Gasteiger partial charge on any atom is 0.339 e. The predicted molar refractivity (Wildman–Crippen MR) is 126 cm³/mol. The van der Waals surface area contributed by atoms with Crippen LogP contribution in [0.25, 0.3) is 22.2 Å². The second-order valence-electron chi connectivity index (χ2n) is 8.50. The molecule has 1 aliphatic heterocycles. The van der Waals surface area contributed by atoms with E-state index in [1.165, 1.54) is 11.6 Å². The molecule has 6 rings (SSSR count). The lowest BCUT2D eigenvalue weighted by Gasteiger charge is -2.15. The smallest absolute Gasteiger partial charge is 0.339 e. The van der Waals surface area contributed by atoms with Gasteiger partial charge in [-0.15, -0.1) is 5.10 Å². The zero-order valence-corrected chi connectivity index (χ0v) is 18.3. The molecule has 1 atom stereocenters. The highest BCUT2D eigenvalue weighted by Crippen LogP contribution is 2.31. The highest BCUT2D eigenvalue weighted by Gasteiger charge is 2.28. The Balaban J connectivity index is 1.31. The van der Waals surface area contributed by atoms with Crippen molar-refractivity contribution in [2.45, 2.75) is 25.6 Å². The number of nitrogens with zero attached hydrogens (tertiary/aromatic N) is 4. The molecule has 3 heterocycles. The highest BCUT2D eigenvalue weighted by atomic mass is 19.1. The van der Waals surface area contributed by atoms with Crippen molar-refractivity contribution in [3.63, 3.8) is 0 Å². The lowest BCUT2D eigenvalue weighted by Crippen LogP contribution is -2.24. The summed E-state index contributed by atoms with van der Waals surface area (Å²) in [5.41, 5.74) is 4.67. The van der Waals surface area contributed by atoms with Gasteiger partial charge in [0.05, 0.1) is 18.3 Å². The summed E-state index contributed by atoms with van der Waals surface area (Å²) in [6.07, 6.45) is 3.92. The summed E-state index contributed by atoms with van der Waals surface area (Å²) >= 11 is 0. The van der Waals surface area contributed by atoms with Gasteiger partial charge in [-0.25, -0.2) is 13.9 Å². The molecule has 0 aliphatic carbocycles. The summed E-state index contributed by atoms with van der Waals surface area (Å²) < 4.78 is 23.8. The third kappa shape index (κ3) is 3.65. The van der Waals surface area contributed by atoms with Crippen LogP contribution in [0.4, 0.5) is 4.39 Å². The molecule has 0 amide bonds. The highest BCUT2D eigenvalue weighted by molar-refractivity contribution is 6.06. The molecule has 0 N–H and O–H groups in total. The minimum atomic E-state index is -0.425. The first-order valence-corrected chi connectivity index (χ1v) is 11.2. The van der Waals surface area contributed by atoms with Crippen molar-refractivity contribution in [3.05, 3.63) is 108 Å². The van der Waals surface area contributed by atoms with Gasteiger partial charge in [0.25, 0.3) is 0 Å². The molecule has 0 bridgehead atoms. The Morgan fingerprint density at radius 2 is 1.74 bits per heavy atom. The first-order valence-electron chi connectivity index (χ1n) is 11.2. The molecule has 5 aromatic rings. The number of hydrogen-bond donors (Lipinski definition) is 0. The van der Waals surface area contributed by atoms with Crippen molar-refractivity contribution >= 4 is 16.9 Å². The van der Waals surface area contributed by atoms with E-state index in [2.05, 4.69) is 33.2 Å². The Morgan fingerprint density at radius 1 is 0.941 bits per heavy atom. The van der Waals surface area contributed by atoms with E-state index >= 15 is 0 Å². The summed E-state index contributed by atoms with van der Waals surface area (Å²) in [6.45, 7) is 1.04. The molecule has 0 radical (unpaired) electrons. The topological polar surface area (TPSA) is 61.9 Å². The maximum absolute atomic E-state index is 14.1. The number of benzene rings is 3. The molecule has 0 saturated carbocycles. The van der Waals surface area contributed by atoms with Crippen LogP contribution in [0.5, 0.6) is 0 Å². The number of rotatable bonds is 5. The van der Waals surface area contributed by atoms with Crippen molar-refractivity contribution in [3.8, 4) is 11.3 Å². The summed E-state index contributed by atoms with van der Waals surface area (Å²) in [6, 6.07) is 22.4. The van der Waals surface area contributed by atoms with E-state index in [0.29, 0.717) is 29.8 Å². The minimum Gasteiger partial charge on any atom is -0.456 e. The van der Waals surface area contributed by atoms with Gasteiger partial charge in [-0.1, -0.05) is 53.7 Å². The Morgan fingerprint density at radius 3 is 2.59 bits per heavy atom. The molecule has 3 aromatic carbocycles. The van der Waals surface area contributed by atoms with Gasteiger partial charge in [0.1, 0.15) is 17.6 Å². The van der Waals surface area contributed by atoms with Gasteiger partial charge in [0.2, 0.25) is 0 Å². The van der Waals surface area contributed by atoms with Crippen molar-refractivity contribution in [2.24, 2.45) is 0 Å². The number of ether oxygens (including phenoxy) is 1. The van der Waals surface area contributed by atoms with E-state index in [9.17, 15) is 9.18 Å². The SMILES string of the molecule is O=C1OC(Cn2cc(-c3ccccc3F)nn2)Cc2cn(Cc3ccccc3)c3cccc1c23. The molecule has 0 fully saturated rings. The number of hydrogen-bond acceptors (Lipinski definition) is 4. The number of carbonyl (C=O) groups is 1. The molecule has 6 nitrogen and oxygen atoms in total. The van der Waals surface area contributed by atoms with Crippen molar-refractivity contribution in [2.75, 3.05) is 0 Å². The zero-order chi connectivity index (χ0) is 23.1. The Bertz CT molecular complexity index is 1510. The van der Waals surface area contributed by atoms with Crippen LogP contribution in [0, 0.1) is 5.82 Å². The molecular formula is C27H21FN4O2. The average Bonchev–Trinajstić information content (AvgIpc) is 3.41. The molecular weight excluding hydrogens is 431 g/mol. The average molecular weight is 452 g/mol. The number of carbonyl (C=O) groups excluding carboxylic acids is 1. The van der Waals surface area contributed by atoms with E-state index in [1.54, 1.807) is 29.1 Å². The Hall–Kier alpha value is -4.26. The predicted octanol–water partition coefficient (Wildman–Crippen LogP) is 4.87. The summed E-state index contributed by atoms with van der Waals surface area (Å²) in [7, 11) is 0. The maximum atomic E-state index is 14.1. The quantitative estimate of drug-likeness (QED) is 0.357. The van der Waals surface area contributed by atoms with Gasteiger partial charge in [-0.05, 0) is 35.4 Å². The first-order chi connectivity index (χ1) is 16.7. The largest absolute Gasteiger partial charge is 0.456 e. The van der Waals surface area contributed by atoms with Gasteiger partial charge in [0, 0.05) is 35.6 Å². The van der Waals surface area contributed by atoms with Crippen LogP contribution in [0.15, 0.2) is 85.2 Å². The van der Waals surface area contributed by atoms with E-state index in [1.807, 2.05) is 36.4 Å². The summed E-state index contributed by atoms with van der Waals surface area (Å²) in [5.74, 6) is -0.700. The van der Waals surface area contributed by atoms with Crippen LogP contribution in [-0.2, 0) is 24.2 Å². The normalized spacial score (nSPS) is 15.3. The zero-order valence-electron chi connectivity index (χ0n) is 18.3. The van der Waals surface area contributed by atoms with E-state index < -0.39 is 6.10 Å². The van der Waals surface area contributed by atoms with Gasteiger partial charge in [0.15, 0.2) is 0 Å². The summed E-state index contributed by atoms with van der Waals surface area (Å²) in [5, 5.41) is 9.20. The molecule has 1 aliphatic rings. The van der Waals surface area contributed by atoms with E-state index in [0.717, 1.165) is 23.0 Å². The first kappa shape index (κ1) is 20.4. The van der Waals surface area contributed by atoms with Crippen LogP contribution in [0.3, 0.4) is 0 Å². The molecule has 34 heavy (non-hydrogen) atoms. The monoisotopic (exact) mass is 452 g/mol. The third-order valence-corrected chi connectivity index (χ3v) is 6.20. The number of aromatic nitrogens is 4. The molecule has 1 unspecified atom stereocenters. The molecule has 7 heteroatoms. The Labute approximate surface area is 195 Å². The van der Waals surface area contributed by atoms with Gasteiger partial charge in [-0.2, -0.15) is 0 Å². The van der Waals surface area contributed by atoms with Crippen molar-refractivity contribution in [1.82, 2.24) is 19.6 Å². The van der Waals surface area contributed by atoms with Crippen LogP contribution in [-0.4, -0.2) is 31.6 Å². The van der Waals surface area contributed by atoms with Crippen LogP contribution in [0.2, 0.25) is 0 Å².